The molecule has 2 unspecified atom stereocenters. The molecule has 2 N–H and O–H groups in total. The van der Waals surface area contributed by atoms with Crippen LogP contribution in [0.1, 0.15) is 35.1 Å². The molecule has 5 nitrogen and oxygen atoms in total. The van der Waals surface area contributed by atoms with Crippen LogP contribution < -0.4 is 10.1 Å². The SMILES string of the molecule is Cc1cc2c(cc1C)C(C(=O)NC(C)(C(=O)O)c1ccc(F)cc1)CO2. The van der Waals surface area contributed by atoms with Crippen molar-refractivity contribution in [1.82, 2.24) is 5.32 Å². The van der Waals surface area contributed by atoms with Gasteiger partial charge in [-0.3, -0.25) is 4.79 Å². The Morgan fingerprint density at radius 1 is 1.19 bits per heavy atom. The lowest BCUT2D eigenvalue weighted by Crippen LogP contribution is -2.51. The first-order chi connectivity index (χ1) is 12.2. The first-order valence-electron chi connectivity index (χ1n) is 8.28. The van der Waals surface area contributed by atoms with Gasteiger partial charge in [0.2, 0.25) is 5.91 Å². The molecular weight excluding hydrogens is 337 g/mol. The Morgan fingerprint density at radius 3 is 2.42 bits per heavy atom. The summed E-state index contributed by atoms with van der Waals surface area (Å²) in [6, 6.07) is 8.84. The van der Waals surface area contributed by atoms with E-state index < -0.39 is 29.2 Å². The van der Waals surface area contributed by atoms with Gasteiger partial charge in [-0.15, -0.1) is 0 Å². The van der Waals surface area contributed by atoms with Crippen LogP contribution in [0.5, 0.6) is 5.75 Å². The molecule has 0 spiro atoms. The standard InChI is InChI=1S/C20H20FNO4/c1-11-8-15-16(10-26-17(15)9-12(11)2)18(23)22-20(3,19(24)25)13-4-6-14(21)7-5-13/h4-9,16H,10H2,1-3H3,(H,22,23)(H,24,25). The maximum Gasteiger partial charge on any atom is 0.333 e. The van der Waals surface area contributed by atoms with Crippen LogP contribution in [-0.2, 0) is 15.1 Å². The van der Waals surface area contributed by atoms with E-state index in [0.717, 1.165) is 16.7 Å². The molecule has 0 saturated heterocycles. The van der Waals surface area contributed by atoms with Gasteiger partial charge >= 0.3 is 5.97 Å². The number of aryl methyl sites for hydroxylation is 2. The van der Waals surface area contributed by atoms with Gasteiger partial charge in [-0.1, -0.05) is 18.2 Å². The summed E-state index contributed by atoms with van der Waals surface area (Å²) in [6.45, 7) is 5.45. The Labute approximate surface area is 150 Å². The summed E-state index contributed by atoms with van der Waals surface area (Å²) in [7, 11) is 0. The smallest absolute Gasteiger partial charge is 0.333 e. The topological polar surface area (TPSA) is 75.6 Å². The number of amides is 1. The summed E-state index contributed by atoms with van der Waals surface area (Å²) in [6.07, 6.45) is 0. The van der Waals surface area contributed by atoms with Crippen molar-refractivity contribution in [1.29, 1.82) is 0 Å². The average molecular weight is 357 g/mol. The molecule has 0 radical (unpaired) electrons. The van der Waals surface area contributed by atoms with Crippen molar-refractivity contribution in [3.05, 3.63) is 64.5 Å². The summed E-state index contributed by atoms with van der Waals surface area (Å²) in [5.74, 6) is -2.09. The Bertz CT molecular complexity index is 878. The quantitative estimate of drug-likeness (QED) is 0.882. The van der Waals surface area contributed by atoms with Crippen LogP contribution in [0.25, 0.3) is 0 Å². The molecule has 1 heterocycles. The fourth-order valence-electron chi connectivity index (χ4n) is 3.06. The number of aliphatic carboxylic acids is 1. The van der Waals surface area contributed by atoms with Gasteiger partial charge in [0, 0.05) is 5.56 Å². The Kier molecular flexibility index (Phi) is 4.44. The number of carboxylic acids is 1. The highest BCUT2D eigenvalue weighted by Crippen LogP contribution is 2.37. The van der Waals surface area contributed by atoms with E-state index in [-0.39, 0.29) is 6.61 Å². The van der Waals surface area contributed by atoms with Gasteiger partial charge in [0.05, 0.1) is 0 Å². The highest BCUT2D eigenvalue weighted by atomic mass is 19.1. The van der Waals surface area contributed by atoms with Gasteiger partial charge in [-0.05, 0) is 55.7 Å². The minimum Gasteiger partial charge on any atom is -0.492 e. The second-order valence-corrected chi connectivity index (χ2v) is 6.76. The van der Waals surface area contributed by atoms with E-state index in [9.17, 15) is 19.1 Å². The molecule has 136 valence electrons. The van der Waals surface area contributed by atoms with E-state index in [4.69, 9.17) is 4.74 Å². The molecule has 0 bridgehead atoms. The Balaban J connectivity index is 1.90. The summed E-state index contributed by atoms with van der Waals surface area (Å²) in [4.78, 5) is 24.7. The molecule has 0 saturated carbocycles. The van der Waals surface area contributed by atoms with Gasteiger partial charge in [-0.25, -0.2) is 9.18 Å². The van der Waals surface area contributed by atoms with Crippen LogP contribution in [0.3, 0.4) is 0 Å². The molecule has 0 fully saturated rings. The Morgan fingerprint density at radius 2 is 1.81 bits per heavy atom. The third-order valence-corrected chi connectivity index (χ3v) is 4.95. The molecule has 2 aromatic carbocycles. The first kappa shape index (κ1) is 17.9. The second-order valence-electron chi connectivity index (χ2n) is 6.76. The number of carbonyl (C=O) groups excluding carboxylic acids is 1. The highest BCUT2D eigenvalue weighted by molar-refractivity contribution is 5.92. The van der Waals surface area contributed by atoms with E-state index in [0.29, 0.717) is 11.3 Å². The number of rotatable bonds is 4. The number of ether oxygens (including phenoxy) is 1. The zero-order valence-corrected chi connectivity index (χ0v) is 14.8. The molecule has 0 aliphatic carbocycles. The number of carboxylic acid groups (broad SMARTS) is 1. The average Bonchev–Trinajstić information content (AvgIpc) is 2.98. The van der Waals surface area contributed by atoms with Crippen molar-refractivity contribution in [2.45, 2.75) is 32.2 Å². The zero-order valence-electron chi connectivity index (χ0n) is 14.8. The fraction of sp³-hybridized carbons (Fsp3) is 0.300. The minimum atomic E-state index is -1.67. The lowest BCUT2D eigenvalue weighted by atomic mass is 9.90. The molecule has 1 aliphatic rings. The summed E-state index contributed by atoms with van der Waals surface area (Å²) in [5, 5.41) is 12.3. The third kappa shape index (κ3) is 3.03. The largest absolute Gasteiger partial charge is 0.492 e. The number of carbonyl (C=O) groups is 2. The van der Waals surface area contributed by atoms with Crippen LogP contribution in [0, 0.1) is 19.7 Å². The van der Waals surface area contributed by atoms with Crippen LogP contribution in [0.2, 0.25) is 0 Å². The summed E-state index contributed by atoms with van der Waals surface area (Å²) in [5.41, 5.74) is 1.46. The van der Waals surface area contributed by atoms with Gasteiger partial charge in [0.15, 0.2) is 5.54 Å². The predicted molar refractivity (Wildman–Crippen MR) is 93.7 cm³/mol. The molecule has 1 amide bonds. The second kappa shape index (κ2) is 6.44. The normalized spacial score (nSPS) is 17.8. The number of halogens is 1. The monoisotopic (exact) mass is 357 g/mol. The lowest BCUT2D eigenvalue weighted by molar-refractivity contribution is -0.147. The Hall–Kier alpha value is -2.89. The van der Waals surface area contributed by atoms with E-state index in [1.807, 2.05) is 26.0 Å². The molecule has 26 heavy (non-hydrogen) atoms. The molecule has 3 rings (SSSR count). The lowest BCUT2D eigenvalue weighted by Gasteiger charge is -2.28. The van der Waals surface area contributed by atoms with Gasteiger partial charge < -0.3 is 15.2 Å². The van der Waals surface area contributed by atoms with Crippen LogP contribution >= 0.6 is 0 Å². The van der Waals surface area contributed by atoms with Crippen molar-refractivity contribution < 1.29 is 23.8 Å². The molecule has 2 atom stereocenters. The van der Waals surface area contributed by atoms with Gasteiger partial charge in [0.1, 0.15) is 24.1 Å². The molecule has 1 aliphatic heterocycles. The predicted octanol–water partition coefficient (Wildman–Crippen LogP) is 3.03. The maximum absolute atomic E-state index is 13.2. The van der Waals surface area contributed by atoms with Crippen molar-refractivity contribution in [3.8, 4) is 5.75 Å². The summed E-state index contributed by atoms with van der Waals surface area (Å²) < 4.78 is 18.8. The van der Waals surface area contributed by atoms with E-state index in [2.05, 4.69) is 5.32 Å². The highest BCUT2D eigenvalue weighted by Gasteiger charge is 2.40. The van der Waals surface area contributed by atoms with E-state index in [1.54, 1.807) is 0 Å². The molecule has 6 heteroatoms. The van der Waals surface area contributed by atoms with Crippen LogP contribution in [-0.4, -0.2) is 23.6 Å². The van der Waals surface area contributed by atoms with Crippen LogP contribution in [0.4, 0.5) is 4.39 Å². The van der Waals surface area contributed by atoms with E-state index >= 15 is 0 Å². The number of hydrogen-bond donors (Lipinski definition) is 2. The van der Waals surface area contributed by atoms with Crippen LogP contribution in [0.15, 0.2) is 36.4 Å². The minimum absolute atomic E-state index is 0.156. The van der Waals surface area contributed by atoms with Crippen molar-refractivity contribution in [2.75, 3.05) is 6.61 Å². The number of fused-ring (bicyclic) bond motifs is 1. The number of hydrogen-bond acceptors (Lipinski definition) is 3. The fourth-order valence-corrected chi connectivity index (χ4v) is 3.06. The summed E-state index contributed by atoms with van der Waals surface area (Å²) >= 11 is 0. The molecule has 0 aromatic heterocycles. The zero-order chi connectivity index (χ0) is 19.1. The van der Waals surface area contributed by atoms with Crippen molar-refractivity contribution in [2.24, 2.45) is 0 Å². The number of benzene rings is 2. The molecular formula is C20H20FNO4. The van der Waals surface area contributed by atoms with E-state index in [1.165, 1.54) is 31.2 Å². The van der Waals surface area contributed by atoms with Gasteiger partial charge in [0.25, 0.3) is 0 Å². The van der Waals surface area contributed by atoms with Crippen molar-refractivity contribution in [3.63, 3.8) is 0 Å². The first-order valence-corrected chi connectivity index (χ1v) is 8.28. The maximum atomic E-state index is 13.2. The van der Waals surface area contributed by atoms with Crippen molar-refractivity contribution >= 4 is 11.9 Å². The molecule has 2 aromatic rings. The van der Waals surface area contributed by atoms with Gasteiger partial charge in [-0.2, -0.15) is 0 Å². The number of nitrogens with one attached hydrogen (secondary N) is 1. The third-order valence-electron chi connectivity index (χ3n) is 4.95.